The predicted octanol–water partition coefficient (Wildman–Crippen LogP) is 5.16. The van der Waals surface area contributed by atoms with Crippen molar-refractivity contribution in [2.75, 3.05) is 6.61 Å². The van der Waals surface area contributed by atoms with E-state index in [4.69, 9.17) is 15.8 Å². The Hall–Kier alpha value is -2.79. The second-order valence-corrected chi connectivity index (χ2v) is 7.16. The highest BCUT2D eigenvalue weighted by Crippen LogP contribution is 2.34. The largest absolute Gasteiger partial charge is 0.396 e. The Morgan fingerprint density at radius 1 is 0.867 bits per heavy atom. The molecule has 0 aliphatic rings. The van der Waals surface area contributed by atoms with Crippen molar-refractivity contribution in [3.63, 3.8) is 0 Å². The molecule has 30 heavy (non-hydrogen) atoms. The summed E-state index contributed by atoms with van der Waals surface area (Å²) < 4.78 is 0. The van der Waals surface area contributed by atoms with Crippen LogP contribution in [0.4, 0.5) is 0 Å². The van der Waals surface area contributed by atoms with Crippen molar-refractivity contribution in [3.05, 3.63) is 84.2 Å². The van der Waals surface area contributed by atoms with Crippen LogP contribution < -0.4 is 5.73 Å². The van der Waals surface area contributed by atoms with E-state index in [0.29, 0.717) is 6.54 Å². The van der Waals surface area contributed by atoms with Crippen LogP contribution >= 0.6 is 12.4 Å². The molecule has 154 valence electrons. The Morgan fingerprint density at radius 2 is 1.63 bits per heavy atom. The van der Waals surface area contributed by atoms with Crippen LogP contribution in [0.3, 0.4) is 0 Å². The van der Waals surface area contributed by atoms with Gasteiger partial charge in [0, 0.05) is 41.6 Å². The number of hydrogen-bond donors (Lipinski definition) is 2. The Bertz CT molecular complexity index is 1100. The van der Waals surface area contributed by atoms with Gasteiger partial charge < -0.3 is 10.8 Å². The zero-order chi connectivity index (χ0) is 20.1. The van der Waals surface area contributed by atoms with Crippen molar-refractivity contribution in [3.8, 4) is 22.4 Å². The summed E-state index contributed by atoms with van der Waals surface area (Å²) in [4.78, 5) is 9.65. The average Bonchev–Trinajstić information content (AvgIpc) is 2.79. The number of rotatable bonds is 7. The van der Waals surface area contributed by atoms with Gasteiger partial charge in [-0.15, -0.1) is 12.4 Å². The van der Waals surface area contributed by atoms with E-state index < -0.39 is 0 Å². The summed E-state index contributed by atoms with van der Waals surface area (Å²) in [6, 6.07) is 22.8. The average molecular weight is 420 g/mol. The maximum atomic E-state index is 9.11. The van der Waals surface area contributed by atoms with Crippen molar-refractivity contribution in [2.45, 2.75) is 25.8 Å². The number of unbranched alkanes of at least 4 members (excludes halogenated alkanes) is 1. The zero-order valence-corrected chi connectivity index (χ0v) is 17.6. The Morgan fingerprint density at radius 3 is 2.33 bits per heavy atom. The molecule has 0 aliphatic carbocycles. The predicted molar refractivity (Wildman–Crippen MR) is 126 cm³/mol. The number of aryl methyl sites for hydroxylation is 1. The SMILES string of the molecule is Cl.NCc1ccc(-c2nc3ccnc(CCCCO)c3cc2-c2ccccc2)cc1. The van der Waals surface area contributed by atoms with E-state index in [1.165, 1.54) is 0 Å². The van der Waals surface area contributed by atoms with E-state index in [-0.39, 0.29) is 19.0 Å². The van der Waals surface area contributed by atoms with Crippen LogP contribution in [-0.2, 0) is 13.0 Å². The molecule has 4 aromatic rings. The summed E-state index contributed by atoms with van der Waals surface area (Å²) in [6.45, 7) is 0.737. The second-order valence-electron chi connectivity index (χ2n) is 7.16. The molecule has 0 radical (unpaired) electrons. The molecule has 0 atom stereocenters. The molecule has 4 rings (SSSR count). The number of aliphatic hydroxyl groups excluding tert-OH is 1. The maximum absolute atomic E-state index is 9.11. The number of benzene rings is 2. The first-order chi connectivity index (χ1) is 14.3. The monoisotopic (exact) mass is 419 g/mol. The fourth-order valence-corrected chi connectivity index (χ4v) is 3.61. The molecule has 0 unspecified atom stereocenters. The summed E-state index contributed by atoms with van der Waals surface area (Å²) in [7, 11) is 0. The number of pyridine rings is 2. The quantitative estimate of drug-likeness (QED) is 0.406. The lowest BCUT2D eigenvalue weighted by Gasteiger charge is -2.14. The lowest BCUT2D eigenvalue weighted by molar-refractivity contribution is 0.284. The van der Waals surface area contributed by atoms with Gasteiger partial charge in [0.15, 0.2) is 0 Å². The highest BCUT2D eigenvalue weighted by atomic mass is 35.5. The maximum Gasteiger partial charge on any atom is 0.0788 e. The summed E-state index contributed by atoms with van der Waals surface area (Å²) in [5.74, 6) is 0. The number of nitrogens with zero attached hydrogens (tertiary/aromatic N) is 2. The number of aliphatic hydroxyl groups is 1. The smallest absolute Gasteiger partial charge is 0.0788 e. The van der Waals surface area contributed by atoms with Crippen molar-refractivity contribution in [1.82, 2.24) is 9.97 Å². The standard InChI is InChI=1S/C25H25N3O.ClH/c26-17-18-9-11-20(12-10-18)25-21(19-6-2-1-3-7-19)16-22-23(8-4-5-15-29)27-14-13-24(22)28-25;/h1-3,6-7,9-14,16,29H,4-5,8,15,17,26H2;1H. The van der Waals surface area contributed by atoms with Crippen LogP contribution in [0.1, 0.15) is 24.1 Å². The minimum atomic E-state index is 0. The molecule has 0 saturated heterocycles. The third-order valence-electron chi connectivity index (χ3n) is 5.20. The normalized spacial score (nSPS) is 10.7. The van der Waals surface area contributed by atoms with Crippen molar-refractivity contribution in [2.24, 2.45) is 5.73 Å². The van der Waals surface area contributed by atoms with Gasteiger partial charge in [0.2, 0.25) is 0 Å². The first-order valence-electron chi connectivity index (χ1n) is 10.0. The topological polar surface area (TPSA) is 72.0 Å². The van der Waals surface area contributed by atoms with Gasteiger partial charge >= 0.3 is 0 Å². The summed E-state index contributed by atoms with van der Waals surface area (Å²) in [6.07, 6.45) is 4.35. The van der Waals surface area contributed by atoms with Crippen molar-refractivity contribution in [1.29, 1.82) is 0 Å². The Kier molecular flexibility index (Phi) is 7.52. The molecule has 0 spiro atoms. The Labute approximate surface area is 183 Å². The van der Waals surface area contributed by atoms with Gasteiger partial charge in [0.1, 0.15) is 0 Å². The molecule has 4 nitrogen and oxygen atoms in total. The summed E-state index contributed by atoms with van der Waals surface area (Å²) in [5.41, 5.74) is 13.1. The van der Waals surface area contributed by atoms with Gasteiger partial charge in [-0.2, -0.15) is 0 Å². The molecular formula is C25H26ClN3O. The van der Waals surface area contributed by atoms with Gasteiger partial charge in [-0.3, -0.25) is 4.98 Å². The number of hydrogen-bond acceptors (Lipinski definition) is 4. The van der Waals surface area contributed by atoms with Crippen LogP contribution in [0.25, 0.3) is 33.3 Å². The lowest BCUT2D eigenvalue weighted by atomic mass is 9.96. The molecule has 2 heterocycles. The number of nitrogens with two attached hydrogens (primary N) is 1. The summed E-state index contributed by atoms with van der Waals surface area (Å²) in [5, 5.41) is 10.2. The third kappa shape index (κ3) is 4.68. The third-order valence-corrected chi connectivity index (χ3v) is 5.20. The van der Waals surface area contributed by atoms with E-state index >= 15 is 0 Å². The summed E-state index contributed by atoms with van der Waals surface area (Å²) >= 11 is 0. The van der Waals surface area contributed by atoms with Crippen molar-refractivity contribution >= 4 is 23.3 Å². The molecule has 3 N–H and O–H groups in total. The molecule has 2 aromatic carbocycles. The number of halogens is 1. The second kappa shape index (κ2) is 10.3. The number of aromatic nitrogens is 2. The molecule has 2 aromatic heterocycles. The zero-order valence-electron chi connectivity index (χ0n) is 16.8. The van der Waals surface area contributed by atoms with Crippen LogP contribution in [0.5, 0.6) is 0 Å². The van der Waals surface area contributed by atoms with Crippen LogP contribution in [0.2, 0.25) is 0 Å². The minimum Gasteiger partial charge on any atom is -0.396 e. The molecule has 0 bridgehead atoms. The fourth-order valence-electron chi connectivity index (χ4n) is 3.61. The van der Waals surface area contributed by atoms with Gasteiger partial charge in [-0.25, -0.2) is 4.98 Å². The van der Waals surface area contributed by atoms with Gasteiger partial charge in [-0.05, 0) is 42.5 Å². The molecule has 0 fully saturated rings. The molecule has 5 heteroatoms. The van der Waals surface area contributed by atoms with Crippen molar-refractivity contribution < 1.29 is 5.11 Å². The molecule has 0 saturated carbocycles. The fraction of sp³-hybridized carbons (Fsp3) is 0.200. The van der Waals surface area contributed by atoms with Crippen LogP contribution in [-0.4, -0.2) is 21.7 Å². The first-order valence-corrected chi connectivity index (χ1v) is 10.0. The van der Waals surface area contributed by atoms with Gasteiger partial charge in [0.05, 0.1) is 11.2 Å². The van der Waals surface area contributed by atoms with Gasteiger partial charge in [-0.1, -0.05) is 54.6 Å². The van der Waals surface area contributed by atoms with Crippen LogP contribution in [0.15, 0.2) is 72.9 Å². The highest BCUT2D eigenvalue weighted by Gasteiger charge is 2.14. The van der Waals surface area contributed by atoms with E-state index in [2.05, 4.69) is 47.4 Å². The van der Waals surface area contributed by atoms with Crippen LogP contribution in [0, 0.1) is 0 Å². The molecule has 0 aliphatic heterocycles. The Balaban J connectivity index is 0.00000256. The van der Waals surface area contributed by atoms with Gasteiger partial charge in [0.25, 0.3) is 0 Å². The minimum absolute atomic E-state index is 0. The lowest BCUT2D eigenvalue weighted by Crippen LogP contribution is -1.98. The van der Waals surface area contributed by atoms with E-state index in [0.717, 1.165) is 63.8 Å². The van der Waals surface area contributed by atoms with E-state index in [9.17, 15) is 0 Å². The molecular weight excluding hydrogens is 394 g/mol. The van der Waals surface area contributed by atoms with E-state index in [1.54, 1.807) is 0 Å². The highest BCUT2D eigenvalue weighted by molar-refractivity contribution is 5.92. The van der Waals surface area contributed by atoms with E-state index in [1.807, 2.05) is 30.5 Å². The number of fused-ring (bicyclic) bond motifs is 1. The first kappa shape index (κ1) is 21.9. The molecule has 0 amide bonds.